The summed E-state index contributed by atoms with van der Waals surface area (Å²) in [6.45, 7) is 0. The Labute approximate surface area is 319 Å². The monoisotopic (exact) mass is 757 g/mol. The van der Waals surface area contributed by atoms with Gasteiger partial charge in [0.05, 0.1) is 22.5 Å². The van der Waals surface area contributed by atoms with E-state index in [1.54, 1.807) is 60.1 Å². The molecule has 14 nitrogen and oxygen atoms in total. The summed E-state index contributed by atoms with van der Waals surface area (Å²) >= 11 is 5.56. The predicted molar refractivity (Wildman–Crippen MR) is 201 cm³/mol. The molecule has 2 saturated carbocycles. The highest BCUT2D eigenvalue weighted by atomic mass is 35.5. The summed E-state index contributed by atoms with van der Waals surface area (Å²) in [4.78, 5) is 55.5. The first kappa shape index (κ1) is 39.6. The highest BCUT2D eigenvalue weighted by Gasteiger charge is 2.25. The molecule has 0 spiro atoms. The van der Waals surface area contributed by atoms with Crippen LogP contribution >= 0.6 is 11.6 Å². The van der Waals surface area contributed by atoms with Crippen LogP contribution < -0.4 is 4.73 Å². The molecule has 4 aromatic heterocycles. The molecule has 2 fully saturated rings. The van der Waals surface area contributed by atoms with Gasteiger partial charge in [-0.2, -0.15) is 5.26 Å². The lowest BCUT2D eigenvalue weighted by Crippen LogP contribution is -2.40. The van der Waals surface area contributed by atoms with Crippen molar-refractivity contribution in [3.63, 3.8) is 0 Å². The number of hydrogen-bond donors (Lipinski definition) is 2. The number of nitrogens with zero attached hydrogens (tertiary/aromatic N) is 8. The molecular formula is C39H46ClN8O6+. The van der Waals surface area contributed by atoms with Crippen molar-refractivity contribution < 1.29 is 34.5 Å². The number of amides is 2. The zero-order valence-electron chi connectivity index (χ0n) is 30.4. The minimum atomic E-state index is -0.813. The van der Waals surface area contributed by atoms with Gasteiger partial charge in [-0.15, -0.1) is 0 Å². The molecular weight excluding hydrogens is 712 g/mol. The second-order valence-electron chi connectivity index (χ2n) is 13.3. The first-order chi connectivity index (χ1) is 26.1. The first-order valence-electron chi connectivity index (χ1n) is 18.0. The Hall–Kier alpha value is -5.60. The molecule has 2 amide bonds. The molecule has 4 heterocycles. The van der Waals surface area contributed by atoms with Crippen molar-refractivity contribution in [2.45, 2.75) is 76.3 Å². The minimum absolute atomic E-state index is 0.00968. The van der Waals surface area contributed by atoms with E-state index in [-0.39, 0.29) is 17.6 Å². The average molecular weight is 758 g/mol. The van der Waals surface area contributed by atoms with Crippen LogP contribution in [0.1, 0.15) is 74.6 Å². The van der Waals surface area contributed by atoms with Gasteiger partial charge in [0.15, 0.2) is 0 Å². The molecule has 7 rings (SSSR count). The maximum absolute atomic E-state index is 12.5. The Bertz CT molecular complexity index is 1970. The normalized spacial score (nSPS) is 14.4. The van der Waals surface area contributed by atoms with Crippen molar-refractivity contribution in [1.29, 1.82) is 0 Å². The van der Waals surface area contributed by atoms with E-state index in [4.69, 9.17) is 16.9 Å². The quantitative estimate of drug-likeness (QED) is 0.0803. The number of rotatable bonds is 5. The SMILES string of the molecule is CN(C(=O)n1cnc(-c2ccc[n+](O)c2)c1)C1CCCCC1.CN(C(=O)n1cnc(-c2cccnc2)c1)C1CCCCC1.O=C(OO)c1cccc(Cl)c1. The van der Waals surface area contributed by atoms with Gasteiger partial charge in [0.25, 0.3) is 0 Å². The number of imidazole rings is 2. The molecule has 2 aliphatic carbocycles. The van der Waals surface area contributed by atoms with Gasteiger partial charge in [-0.3, -0.25) is 24.2 Å². The molecule has 0 aliphatic heterocycles. The lowest BCUT2D eigenvalue weighted by molar-refractivity contribution is -0.904. The fourth-order valence-corrected chi connectivity index (χ4v) is 6.75. The number of carbonyl (C=O) groups excluding carboxylic acids is 3. The molecule has 5 aromatic rings. The molecule has 0 atom stereocenters. The van der Waals surface area contributed by atoms with Crippen molar-refractivity contribution in [1.82, 2.24) is 33.9 Å². The van der Waals surface area contributed by atoms with Crippen LogP contribution in [0.15, 0.2) is 98.4 Å². The van der Waals surface area contributed by atoms with Gasteiger partial charge < -0.3 is 9.80 Å². The number of benzene rings is 1. The minimum Gasteiger partial charge on any atom is -0.324 e. The van der Waals surface area contributed by atoms with Gasteiger partial charge in [0, 0.05) is 72.3 Å². The van der Waals surface area contributed by atoms with Gasteiger partial charge in [-0.1, -0.05) is 56.2 Å². The third-order valence-electron chi connectivity index (χ3n) is 9.64. The molecule has 284 valence electrons. The third kappa shape index (κ3) is 10.7. The lowest BCUT2D eigenvalue weighted by Gasteiger charge is -2.31. The van der Waals surface area contributed by atoms with Crippen molar-refractivity contribution in [2.75, 3.05) is 14.1 Å². The van der Waals surface area contributed by atoms with Crippen molar-refractivity contribution in [3.8, 4) is 22.5 Å². The van der Waals surface area contributed by atoms with Crippen LogP contribution in [0, 0.1) is 0 Å². The highest BCUT2D eigenvalue weighted by Crippen LogP contribution is 2.24. The van der Waals surface area contributed by atoms with E-state index in [0.29, 0.717) is 22.8 Å². The summed E-state index contributed by atoms with van der Waals surface area (Å²) in [6, 6.07) is 14.1. The van der Waals surface area contributed by atoms with Gasteiger partial charge in [0.2, 0.25) is 12.4 Å². The van der Waals surface area contributed by atoms with E-state index in [9.17, 15) is 19.6 Å². The van der Waals surface area contributed by atoms with Crippen LogP contribution in [-0.4, -0.2) is 88.6 Å². The number of pyridine rings is 2. The molecule has 54 heavy (non-hydrogen) atoms. The van der Waals surface area contributed by atoms with Gasteiger partial charge in [-0.25, -0.2) is 24.4 Å². The molecule has 2 aliphatic rings. The van der Waals surface area contributed by atoms with Crippen LogP contribution in [0.4, 0.5) is 9.59 Å². The smallest absolute Gasteiger partial charge is 0.324 e. The van der Waals surface area contributed by atoms with Crippen LogP contribution in [0.2, 0.25) is 5.02 Å². The number of aromatic nitrogens is 6. The molecule has 2 N–H and O–H groups in total. The molecule has 1 aromatic carbocycles. The fourth-order valence-electron chi connectivity index (χ4n) is 6.56. The average Bonchev–Trinajstić information content (AvgIpc) is 3.93. The van der Waals surface area contributed by atoms with E-state index in [1.165, 1.54) is 67.7 Å². The van der Waals surface area contributed by atoms with E-state index < -0.39 is 5.97 Å². The topological polar surface area (TPSA) is 160 Å². The Morgan fingerprint density at radius 3 is 1.85 bits per heavy atom. The Morgan fingerprint density at radius 2 is 1.35 bits per heavy atom. The standard InChI is InChI=1S/C16H21N4O2.C16H20N4O.C7H5ClO3/c1-18(14-7-3-2-4-8-14)16(21)19-11-15(17-12-19)13-6-5-9-20(22)10-13;1-19(14-7-3-2-4-8-14)16(21)20-11-15(18-12-20)13-6-5-9-17-10-13;8-6-3-1-2-5(4-6)7(9)11-10/h5-6,9-12,14,22H,2-4,7-8H2,1H3;5-6,9-12,14H,2-4,7-8H2,1H3;1-4,10H/q+1;;. The van der Waals surface area contributed by atoms with E-state index in [1.807, 2.05) is 42.1 Å². The summed E-state index contributed by atoms with van der Waals surface area (Å²) in [5.74, 6) is -0.813. The van der Waals surface area contributed by atoms with Crippen LogP contribution in [0.5, 0.6) is 0 Å². The third-order valence-corrected chi connectivity index (χ3v) is 9.87. The summed E-state index contributed by atoms with van der Waals surface area (Å²) in [5, 5.41) is 17.9. The van der Waals surface area contributed by atoms with Gasteiger partial charge >= 0.3 is 18.0 Å². The van der Waals surface area contributed by atoms with Crippen LogP contribution in [-0.2, 0) is 4.89 Å². The molecule has 0 bridgehead atoms. The van der Waals surface area contributed by atoms with Crippen molar-refractivity contribution >= 4 is 29.6 Å². The van der Waals surface area contributed by atoms with E-state index in [0.717, 1.165) is 47.2 Å². The number of hydrogen-bond acceptors (Lipinski definition) is 9. The van der Waals surface area contributed by atoms with Crippen LogP contribution in [0.3, 0.4) is 0 Å². The second-order valence-corrected chi connectivity index (χ2v) is 13.7. The largest absolute Gasteiger partial charge is 0.372 e. The summed E-state index contributed by atoms with van der Waals surface area (Å²) in [7, 11) is 3.75. The molecule has 15 heteroatoms. The number of carbonyl (C=O) groups is 3. The van der Waals surface area contributed by atoms with E-state index >= 15 is 0 Å². The zero-order chi connectivity index (χ0) is 38.5. The maximum Gasteiger partial charge on any atom is 0.372 e. The summed E-state index contributed by atoms with van der Waals surface area (Å²) in [5.41, 5.74) is 3.34. The zero-order valence-corrected chi connectivity index (χ0v) is 31.2. The van der Waals surface area contributed by atoms with Crippen LogP contribution in [0.25, 0.3) is 22.5 Å². The Balaban J connectivity index is 0.000000165. The predicted octanol–water partition coefficient (Wildman–Crippen LogP) is 7.46. The maximum atomic E-state index is 12.5. The lowest BCUT2D eigenvalue weighted by atomic mass is 9.95. The molecule has 0 radical (unpaired) electrons. The second kappa shape index (κ2) is 19.5. The van der Waals surface area contributed by atoms with E-state index in [2.05, 4.69) is 19.8 Å². The first-order valence-corrected chi connectivity index (χ1v) is 18.4. The Kier molecular flexibility index (Phi) is 14.3. The Morgan fingerprint density at radius 1 is 0.796 bits per heavy atom. The molecule has 0 saturated heterocycles. The van der Waals surface area contributed by atoms with Gasteiger partial charge in [-0.05, 0) is 62.1 Å². The van der Waals surface area contributed by atoms with Gasteiger partial charge in [0.1, 0.15) is 12.7 Å². The highest BCUT2D eigenvalue weighted by molar-refractivity contribution is 6.30. The summed E-state index contributed by atoms with van der Waals surface area (Å²) in [6.07, 6.45) is 24.9. The summed E-state index contributed by atoms with van der Waals surface area (Å²) < 4.78 is 4.06. The fraction of sp³-hybridized carbons (Fsp3) is 0.359. The number of halogens is 1. The van der Waals surface area contributed by atoms with Crippen molar-refractivity contribution in [2.24, 2.45) is 0 Å². The van der Waals surface area contributed by atoms with Crippen molar-refractivity contribution in [3.05, 3.63) is 109 Å². The molecule has 0 unspecified atom stereocenters.